The molecule has 0 N–H and O–H groups in total. The Labute approximate surface area is 179 Å². The first-order valence-electron chi connectivity index (χ1n) is 9.08. The van der Waals surface area contributed by atoms with Gasteiger partial charge in [0.05, 0.1) is 8.42 Å². The van der Waals surface area contributed by atoms with E-state index in [9.17, 15) is 0 Å². The van der Waals surface area contributed by atoms with E-state index in [1.165, 1.54) is 60.9 Å². The first-order chi connectivity index (χ1) is 13.7. The molecule has 0 saturated heterocycles. The van der Waals surface area contributed by atoms with Gasteiger partial charge in [0.1, 0.15) is 0 Å². The van der Waals surface area contributed by atoms with Gasteiger partial charge in [-0.1, -0.05) is 24.3 Å². The van der Waals surface area contributed by atoms with E-state index in [0.29, 0.717) is 0 Å². The van der Waals surface area contributed by atoms with Crippen molar-refractivity contribution in [2.45, 2.75) is 8.42 Å². The number of benzene rings is 4. The highest BCUT2D eigenvalue weighted by Gasteiger charge is 2.10. The molecule has 4 heteroatoms. The molecule has 0 radical (unpaired) electrons. The molecule has 0 amide bonds. The van der Waals surface area contributed by atoms with Crippen molar-refractivity contribution in [3.63, 3.8) is 0 Å². The molecule has 136 valence electrons. The van der Waals surface area contributed by atoms with Crippen LogP contribution < -0.4 is 0 Å². The van der Waals surface area contributed by atoms with Gasteiger partial charge >= 0.3 is 0 Å². The smallest absolute Gasteiger partial charge is 0.0608 e. The number of rotatable bonds is 2. The Morgan fingerprint density at radius 1 is 0.500 bits per heavy atom. The minimum Gasteiger partial charge on any atom is -0.129 e. The fourth-order valence-electron chi connectivity index (χ4n) is 4.10. The van der Waals surface area contributed by atoms with Crippen LogP contribution in [-0.4, -0.2) is 12.5 Å². The number of hydrogen-bond acceptors (Lipinski definition) is 4. The molecule has 0 unspecified atom stereocenters. The van der Waals surface area contributed by atoms with Crippen molar-refractivity contribution in [1.29, 1.82) is 0 Å². The number of fused-ring (bicyclic) bond motifs is 7. The van der Waals surface area contributed by atoms with E-state index in [1.54, 1.807) is 0 Å². The lowest BCUT2D eigenvalue weighted by molar-refractivity contribution is 1.77. The van der Waals surface area contributed by atoms with Gasteiger partial charge in [-0.05, 0) is 92.0 Å². The molecular weight excluding hydrogens is 417 g/mol. The second-order valence-electron chi connectivity index (χ2n) is 6.99. The molecule has 6 rings (SSSR count). The number of hydrogen-bond donors (Lipinski definition) is 0. The second-order valence-corrected chi connectivity index (χ2v) is 11.4. The summed E-state index contributed by atoms with van der Waals surface area (Å²) >= 11 is 7.45. The molecule has 0 aliphatic rings. The summed E-state index contributed by atoms with van der Waals surface area (Å²) in [5.41, 5.74) is 0. The van der Waals surface area contributed by atoms with Crippen LogP contribution in [0.4, 0.5) is 0 Å². The van der Waals surface area contributed by atoms with Crippen LogP contribution in [0.15, 0.2) is 69.1 Å². The third kappa shape index (κ3) is 2.52. The maximum absolute atomic E-state index is 2.39. The van der Waals surface area contributed by atoms with Crippen molar-refractivity contribution in [2.75, 3.05) is 12.5 Å². The van der Waals surface area contributed by atoms with Crippen LogP contribution >= 0.6 is 46.2 Å². The summed E-state index contributed by atoms with van der Waals surface area (Å²) in [6.07, 6.45) is 4.31. The summed E-state index contributed by atoms with van der Waals surface area (Å²) in [5, 5.41) is 10.8. The normalized spacial score (nSPS) is 12.2. The summed E-state index contributed by atoms with van der Waals surface area (Å²) < 4.78 is 5.51. The van der Waals surface area contributed by atoms with E-state index < -0.39 is 0 Å². The Bertz CT molecular complexity index is 1420. The fraction of sp³-hybridized carbons (Fsp3) is 0.0833. The van der Waals surface area contributed by atoms with Gasteiger partial charge in [0.2, 0.25) is 0 Å². The molecule has 0 saturated carbocycles. The molecular formula is C24H16S4. The van der Waals surface area contributed by atoms with Crippen molar-refractivity contribution in [2.24, 2.45) is 0 Å². The first-order valence-corrected chi connectivity index (χ1v) is 13.2. The molecule has 0 nitrogen and oxygen atoms in total. The summed E-state index contributed by atoms with van der Waals surface area (Å²) in [5.74, 6) is 0. The van der Waals surface area contributed by atoms with Crippen molar-refractivity contribution >= 4 is 98.7 Å². The monoisotopic (exact) mass is 432 g/mol. The predicted octanol–water partition coefficient (Wildman–Crippen LogP) is 9.02. The van der Waals surface area contributed by atoms with Crippen molar-refractivity contribution in [1.82, 2.24) is 0 Å². The maximum atomic E-state index is 2.39. The van der Waals surface area contributed by atoms with Crippen LogP contribution in [-0.2, 0) is 0 Å². The van der Waals surface area contributed by atoms with Crippen molar-refractivity contribution < 1.29 is 0 Å². The molecule has 4 aromatic carbocycles. The van der Waals surface area contributed by atoms with Gasteiger partial charge in [-0.25, -0.2) is 0 Å². The molecule has 0 bridgehead atoms. The molecule has 0 fully saturated rings. The lowest BCUT2D eigenvalue weighted by Gasteiger charge is -2.08. The zero-order valence-corrected chi connectivity index (χ0v) is 18.7. The van der Waals surface area contributed by atoms with Crippen molar-refractivity contribution in [3.05, 3.63) is 60.7 Å². The Morgan fingerprint density at radius 3 is 1.39 bits per heavy atom. The lowest BCUT2D eigenvalue weighted by Crippen LogP contribution is -1.81. The van der Waals surface area contributed by atoms with E-state index in [-0.39, 0.29) is 0 Å². The third-order valence-corrected chi connectivity index (χ3v) is 9.79. The van der Waals surface area contributed by atoms with Crippen LogP contribution in [0.1, 0.15) is 0 Å². The van der Waals surface area contributed by atoms with Gasteiger partial charge in [-0.15, -0.1) is 46.2 Å². The third-order valence-electron chi connectivity index (χ3n) is 5.46. The molecule has 0 atom stereocenters. The highest BCUT2D eigenvalue weighted by molar-refractivity contribution is 8.00. The average molecular weight is 433 g/mol. The fourth-order valence-corrected chi connectivity index (χ4v) is 7.42. The van der Waals surface area contributed by atoms with E-state index in [2.05, 4.69) is 73.2 Å². The highest BCUT2D eigenvalue weighted by atomic mass is 32.2. The molecule has 2 heterocycles. The SMILES string of the molecule is CSc1cc2cc3ccc4c5cc6sc(SC)cc6cc5ccc4c3cc2s1. The minimum atomic E-state index is 1.33. The molecule has 28 heavy (non-hydrogen) atoms. The Balaban J connectivity index is 1.71. The van der Waals surface area contributed by atoms with Crippen LogP contribution in [0.5, 0.6) is 0 Å². The van der Waals surface area contributed by atoms with Crippen LogP contribution in [0.3, 0.4) is 0 Å². The van der Waals surface area contributed by atoms with Gasteiger partial charge in [0.25, 0.3) is 0 Å². The van der Waals surface area contributed by atoms with Gasteiger partial charge in [0.15, 0.2) is 0 Å². The number of thioether (sulfide) groups is 2. The zero-order chi connectivity index (χ0) is 18.8. The van der Waals surface area contributed by atoms with Gasteiger partial charge in [-0.3, -0.25) is 0 Å². The zero-order valence-electron chi connectivity index (χ0n) is 15.4. The molecule has 6 aromatic rings. The summed E-state index contributed by atoms with van der Waals surface area (Å²) in [6.45, 7) is 0. The van der Waals surface area contributed by atoms with Gasteiger partial charge in [0, 0.05) is 9.40 Å². The summed E-state index contributed by atoms with van der Waals surface area (Å²) in [7, 11) is 0. The van der Waals surface area contributed by atoms with Crippen molar-refractivity contribution in [3.8, 4) is 0 Å². The molecule has 2 aromatic heterocycles. The van der Waals surface area contributed by atoms with Crippen LogP contribution in [0.25, 0.3) is 52.5 Å². The predicted molar refractivity (Wildman–Crippen MR) is 133 cm³/mol. The summed E-state index contributed by atoms with van der Waals surface area (Å²) in [4.78, 5) is 0. The van der Waals surface area contributed by atoms with Crippen LogP contribution in [0, 0.1) is 0 Å². The lowest BCUT2D eigenvalue weighted by atomic mass is 9.96. The van der Waals surface area contributed by atoms with E-state index in [4.69, 9.17) is 0 Å². The quantitative estimate of drug-likeness (QED) is 0.198. The second kappa shape index (κ2) is 6.39. The maximum Gasteiger partial charge on any atom is 0.0608 e. The van der Waals surface area contributed by atoms with Crippen LogP contribution in [0.2, 0.25) is 0 Å². The Hall–Kier alpha value is -1.72. The van der Waals surface area contributed by atoms with E-state index in [1.807, 2.05) is 46.2 Å². The molecule has 0 spiro atoms. The topological polar surface area (TPSA) is 0 Å². The van der Waals surface area contributed by atoms with Gasteiger partial charge < -0.3 is 0 Å². The Kier molecular flexibility index (Phi) is 3.92. The average Bonchev–Trinajstić information content (AvgIpc) is 3.32. The molecule has 0 aliphatic heterocycles. The first kappa shape index (κ1) is 17.2. The molecule has 0 aliphatic carbocycles. The van der Waals surface area contributed by atoms with E-state index >= 15 is 0 Å². The minimum absolute atomic E-state index is 1.33. The van der Waals surface area contributed by atoms with E-state index in [0.717, 1.165) is 0 Å². The summed E-state index contributed by atoms with van der Waals surface area (Å²) in [6, 6.07) is 23.3. The largest absolute Gasteiger partial charge is 0.129 e. The van der Waals surface area contributed by atoms with Gasteiger partial charge in [-0.2, -0.15) is 0 Å². The Morgan fingerprint density at radius 2 is 0.964 bits per heavy atom. The highest BCUT2D eigenvalue weighted by Crippen LogP contribution is 2.40. The number of thiophene rings is 2. The standard InChI is InChI=1S/C24H16S4/c1-25-23-9-15-7-13-3-5-18-17(19(13)11-21(15)27-23)6-4-14-8-16-10-24(26-2)28-22(16)12-20(14)18/h3-12H,1-2H3.